The molecule has 1 unspecified atom stereocenters. The predicted octanol–water partition coefficient (Wildman–Crippen LogP) is 3.98. The number of rotatable bonds is 4. The summed E-state index contributed by atoms with van der Waals surface area (Å²) >= 11 is 0. The summed E-state index contributed by atoms with van der Waals surface area (Å²) < 4.78 is 37.8. The number of hydrogen-bond donors (Lipinski definition) is 1. The highest BCUT2D eigenvalue weighted by Crippen LogP contribution is 2.38. The first kappa shape index (κ1) is 19.0. The lowest BCUT2D eigenvalue weighted by Gasteiger charge is -2.26. The number of halogens is 3. The Balaban J connectivity index is 2.27. The maximum Gasteiger partial charge on any atom is 0.416 e. The molecule has 1 aliphatic rings. The molecular formula is C18H20F3NO3. The molecule has 1 saturated heterocycles. The van der Waals surface area contributed by atoms with Gasteiger partial charge in [0.2, 0.25) is 0 Å². The van der Waals surface area contributed by atoms with Crippen molar-refractivity contribution in [3.05, 3.63) is 47.2 Å². The number of hydrogen-bond acceptors (Lipinski definition) is 3. The van der Waals surface area contributed by atoms with Gasteiger partial charge in [0.25, 0.3) is 0 Å². The molecule has 0 aliphatic carbocycles. The van der Waals surface area contributed by atoms with E-state index in [2.05, 4.69) is 0 Å². The van der Waals surface area contributed by atoms with E-state index in [0.29, 0.717) is 18.7 Å². The number of nitrogens with zero attached hydrogens (tertiary/aromatic N) is 1. The number of ketones is 1. The van der Waals surface area contributed by atoms with Crippen LogP contribution in [0.1, 0.15) is 43.1 Å². The van der Waals surface area contributed by atoms with Crippen molar-refractivity contribution >= 4 is 11.8 Å². The second kappa shape index (κ2) is 6.54. The molecule has 0 spiro atoms. The second-order valence-electron chi connectivity index (χ2n) is 7.06. The van der Waals surface area contributed by atoms with Crippen molar-refractivity contribution in [2.24, 2.45) is 5.41 Å². The molecular weight excluding hydrogens is 335 g/mol. The van der Waals surface area contributed by atoms with E-state index in [1.54, 1.807) is 11.8 Å². The quantitative estimate of drug-likeness (QED) is 0.656. The predicted molar refractivity (Wildman–Crippen MR) is 86.1 cm³/mol. The summed E-state index contributed by atoms with van der Waals surface area (Å²) in [6, 6.07) is 3.21. The molecule has 1 aromatic rings. The van der Waals surface area contributed by atoms with E-state index in [1.807, 2.05) is 13.8 Å². The smallest absolute Gasteiger partial charge is 0.416 e. The van der Waals surface area contributed by atoms with E-state index in [-0.39, 0.29) is 11.0 Å². The number of aliphatic carboxylic acids is 1. The van der Waals surface area contributed by atoms with Gasteiger partial charge in [-0.1, -0.05) is 26.0 Å². The number of allylic oxidation sites excluding steroid dienone is 2. The largest absolute Gasteiger partial charge is 0.480 e. The highest BCUT2D eigenvalue weighted by atomic mass is 19.4. The van der Waals surface area contributed by atoms with Crippen LogP contribution in [0.4, 0.5) is 13.2 Å². The number of carbonyl (C=O) groups is 2. The van der Waals surface area contributed by atoms with Crippen molar-refractivity contribution < 1.29 is 27.9 Å². The topological polar surface area (TPSA) is 57.6 Å². The first-order chi connectivity index (χ1) is 11.4. The summed E-state index contributed by atoms with van der Waals surface area (Å²) in [5.74, 6) is -1.44. The van der Waals surface area contributed by atoms with Crippen LogP contribution in [0.5, 0.6) is 0 Å². The van der Waals surface area contributed by atoms with Crippen LogP contribution >= 0.6 is 0 Å². The van der Waals surface area contributed by atoms with Crippen molar-refractivity contribution in [3.63, 3.8) is 0 Å². The van der Waals surface area contributed by atoms with Crippen molar-refractivity contribution in [1.29, 1.82) is 0 Å². The van der Waals surface area contributed by atoms with Gasteiger partial charge < -0.3 is 10.0 Å². The number of likely N-dealkylation sites (tertiary alicyclic amines) is 1. The molecule has 0 saturated carbocycles. The minimum atomic E-state index is -4.46. The normalized spacial score (nSPS) is 19.9. The Kier molecular flexibility index (Phi) is 4.97. The van der Waals surface area contributed by atoms with Gasteiger partial charge in [0.15, 0.2) is 5.78 Å². The maximum atomic E-state index is 12.6. The van der Waals surface area contributed by atoms with Crippen LogP contribution in [0.2, 0.25) is 0 Å². The first-order valence-corrected chi connectivity index (χ1v) is 7.82. The SMILES string of the molecule is CC(C(=O)O)N1CC(C)(C)C/C1=C\C(=O)c1ccc(C(F)(F)F)cc1. The molecule has 2 rings (SSSR count). The monoisotopic (exact) mass is 355 g/mol. The Bertz CT molecular complexity index is 705. The summed E-state index contributed by atoms with van der Waals surface area (Å²) in [6.45, 7) is 5.97. The molecule has 0 amide bonds. The molecule has 0 aromatic heterocycles. The Morgan fingerprint density at radius 2 is 1.80 bits per heavy atom. The van der Waals surface area contributed by atoms with Gasteiger partial charge in [0.1, 0.15) is 6.04 Å². The lowest BCUT2D eigenvalue weighted by molar-refractivity contribution is -0.141. The zero-order chi connectivity index (χ0) is 19.0. The molecule has 1 heterocycles. The fourth-order valence-electron chi connectivity index (χ4n) is 2.92. The standard InChI is InChI=1S/C18H20F3NO3/c1-11(16(24)25)22-10-17(2,3)9-14(22)8-15(23)12-4-6-13(7-5-12)18(19,20)21/h4-8,11H,9-10H2,1-3H3,(H,24,25)/b14-8+. The highest BCUT2D eigenvalue weighted by Gasteiger charge is 2.37. The Hall–Kier alpha value is -2.31. The van der Waals surface area contributed by atoms with Crippen molar-refractivity contribution in [2.45, 2.75) is 39.4 Å². The zero-order valence-corrected chi connectivity index (χ0v) is 14.2. The third-order valence-electron chi connectivity index (χ3n) is 4.25. The summed E-state index contributed by atoms with van der Waals surface area (Å²) in [6.07, 6.45) is -2.60. The average molecular weight is 355 g/mol. The molecule has 1 N–H and O–H groups in total. The van der Waals surface area contributed by atoms with E-state index in [1.165, 1.54) is 6.08 Å². The highest BCUT2D eigenvalue weighted by molar-refractivity contribution is 6.05. The van der Waals surface area contributed by atoms with Crippen molar-refractivity contribution in [1.82, 2.24) is 4.90 Å². The Morgan fingerprint density at radius 3 is 2.28 bits per heavy atom. The molecule has 4 nitrogen and oxygen atoms in total. The summed E-state index contributed by atoms with van der Waals surface area (Å²) in [5, 5.41) is 9.23. The minimum absolute atomic E-state index is 0.133. The number of carboxylic acids is 1. The third-order valence-corrected chi connectivity index (χ3v) is 4.25. The number of alkyl halides is 3. The van der Waals surface area contributed by atoms with E-state index in [4.69, 9.17) is 0 Å². The van der Waals surface area contributed by atoms with Gasteiger partial charge in [-0.25, -0.2) is 4.79 Å². The molecule has 1 aliphatic heterocycles. The van der Waals surface area contributed by atoms with Gasteiger partial charge in [-0.2, -0.15) is 13.2 Å². The van der Waals surface area contributed by atoms with Gasteiger partial charge >= 0.3 is 12.1 Å². The van der Waals surface area contributed by atoms with Crippen LogP contribution in [-0.2, 0) is 11.0 Å². The molecule has 7 heteroatoms. The lowest BCUT2D eigenvalue weighted by atomic mass is 9.92. The summed E-state index contributed by atoms with van der Waals surface area (Å²) in [7, 11) is 0. The minimum Gasteiger partial charge on any atom is -0.480 e. The van der Waals surface area contributed by atoms with Crippen LogP contribution < -0.4 is 0 Å². The zero-order valence-electron chi connectivity index (χ0n) is 14.2. The van der Waals surface area contributed by atoms with E-state index in [9.17, 15) is 27.9 Å². The first-order valence-electron chi connectivity index (χ1n) is 7.82. The van der Waals surface area contributed by atoms with Crippen molar-refractivity contribution in [3.8, 4) is 0 Å². The summed E-state index contributed by atoms with van der Waals surface area (Å²) in [5.41, 5.74) is -0.284. The van der Waals surface area contributed by atoms with Crippen LogP contribution in [0, 0.1) is 5.41 Å². The van der Waals surface area contributed by atoms with Gasteiger partial charge in [0.05, 0.1) is 5.56 Å². The van der Waals surface area contributed by atoms with Gasteiger partial charge in [-0.05, 0) is 30.9 Å². The summed E-state index contributed by atoms with van der Waals surface area (Å²) in [4.78, 5) is 25.3. The van der Waals surface area contributed by atoms with E-state index in [0.717, 1.165) is 24.3 Å². The number of benzene rings is 1. The van der Waals surface area contributed by atoms with Crippen LogP contribution in [-0.4, -0.2) is 34.3 Å². The van der Waals surface area contributed by atoms with Crippen molar-refractivity contribution in [2.75, 3.05) is 6.54 Å². The third kappa shape index (κ3) is 4.41. The van der Waals surface area contributed by atoms with Crippen LogP contribution in [0.25, 0.3) is 0 Å². The van der Waals surface area contributed by atoms with Gasteiger partial charge in [0, 0.05) is 23.9 Å². The molecule has 136 valence electrons. The molecule has 1 atom stereocenters. The van der Waals surface area contributed by atoms with Gasteiger partial charge in [-0.3, -0.25) is 4.79 Å². The fraction of sp³-hybridized carbons (Fsp3) is 0.444. The van der Waals surface area contributed by atoms with Crippen LogP contribution in [0.3, 0.4) is 0 Å². The molecule has 1 fully saturated rings. The molecule has 25 heavy (non-hydrogen) atoms. The maximum absolute atomic E-state index is 12.6. The molecule has 1 aromatic carbocycles. The molecule has 0 bridgehead atoms. The van der Waals surface area contributed by atoms with E-state index >= 15 is 0 Å². The van der Waals surface area contributed by atoms with E-state index < -0.39 is 29.5 Å². The fourth-order valence-corrected chi connectivity index (χ4v) is 2.92. The average Bonchev–Trinajstić information content (AvgIpc) is 2.80. The number of carboxylic acid groups (broad SMARTS) is 1. The lowest BCUT2D eigenvalue weighted by Crippen LogP contribution is -2.37. The second-order valence-corrected chi connectivity index (χ2v) is 7.06. The number of carbonyl (C=O) groups excluding carboxylic acids is 1. The van der Waals surface area contributed by atoms with Gasteiger partial charge in [-0.15, -0.1) is 0 Å². The Morgan fingerprint density at radius 1 is 1.24 bits per heavy atom. The molecule has 0 radical (unpaired) electrons. The van der Waals surface area contributed by atoms with Crippen LogP contribution in [0.15, 0.2) is 36.0 Å². The Labute approximate surface area is 143 Å².